The van der Waals surface area contributed by atoms with Crippen LogP contribution in [0.4, 0.5) is 0 Å². The molecule has 0 spiro atoms. The molecule has 0 aromatic heterocycles. The van der Waals surface area contributed by atoms with Crippen molar-refractivity contribution >= 4 is 16.2 Å². The van der Waals surface area contributed by atoms with Crippen molar-refractivity contribution in [3.05, 3.63) is 0 Å². The zero-order valence-electron chi connectivity index (χ0n) is 11.6. The molecule has 2 aliphatic heterocycles. The lowest BCUT2D eigenvalue weighted by atomic mass is 9.99. The second-order valence-electron chi connectivity index (χ2n) is 5.71. The molecule has 2 heterocycles. The summed E-state index contributed by atoms with van der Waals surface area (Å²) in [6.07, 6.45) is 0.729. The summed E-state index contributed by atoms with van der Waals surface area (Å²) in [6, 6.07) is 0. The van der Waals surface area contributed by atoms with Crippen LogP contribution in [0.15, 0.2) is 0 Å². The minimum atomic E-state index is -3.53. The fourth-order valence-electron chi connectivity index (χ4n) is 2.80. The van der Waals surface area contributed by atoms with Crippen LogP contribution in [0.25, 0.3) is 0 Å². The second-order valence-corrected chi connectivity index (χ2v) is 7.64. The summed E-state index contributed by atoms with van der Waals surface area (Å²) < 4.78 is 27.8. The first-order valence-electron chi connectivity index (χ1n) is 6.98. The van der Waals surface area contributed by atoms with Crippen molar-refractivity contribution in [2.24, 2.45) is 11.8 Å². The zero-order valence-corrected chi connectivity index (χ0v) is 12.4. The molecule has 7 nitrogen and oxygen atoms in total. The third kappa shape index (κ3) is 3.13. The van der Waals surface area contributed by atoms with Crippen molar-refractivity contribution in [1.29, 1.82) is 0 Å². The number of nitrogens with zero attached hydrogens (tertiary/aromatic N) is 2. The molecule has 0 aromatic rings. The summed E-state index contributed by atoms with van der Waals surface area (Å²) in [5, 5.41) is 18.6. The predicted molar refractivity (Wildman–Crippen MR) is 72.2 cm³/mol. The van der Waals surface area contributed by atoms with E-state index in [0.717, 1.165) is 0 Å². The van der Waals surface area contributed by atoms with Crippen LogP contribution < -0.4 is 0 Å². The molecule has 20 heavy (non-hydrogen) atoms. The molecule has 2 fully saturated rings. The Balaban J connectivity index is 1.99. The smallest absolute Gasteiger partial charge is 0.306 e. The second kappa shape index (κ2) is 5.97. The molecule has 2 aliphatic rings. The van der Waals surface area contributed by atoms with Gasteiger partial charge in [0.2, 0.25) is 0 Å². The Bertz CT molecular complexity index is 458. The van der Waals surface area contributed by atoms with Gasteiger partial charge >= 0.3 is 5.97 Å². The van der Waals surface area contributed by atoms with Crippen LogP contribution in [0.3, 0.4) is 0 Å². The lowest BCUT2D eigenvalue weighted by molar-refractivity contribution is -0.142. The molecule has 2 saturated heterocycles. The Kier molecular flexibility index (Phi) is 4.68. The lowest BCUT2D eigenvalue weighted by Gasteiger charge is -2.38. The quantitative estimate of drug-likeness (QED) is 0.748. The van der Waals surface area contributed by atoms with E-state index < -0.39 is 28.2 Å². The summed E-state index contributed by atoms with van der Waals surface area (Å²) in [5.74, 6) is -1.37. The summed E-state index contributed by atoms with van der Waals surface area (Å²) in [5.41, 5.74) is 0. The third-order valence-electron chi connectivity index (χ3n) is 4.28. The largest absolute Gasteiger partial charge is 0.481 e. The minimum absolute atomic E-state index is 0.0740. The molecule has 2 rings (SSSR count). The van der Waals surface area contributed by atoms with E-state index in [0.29, 0.717) is 32.4 Å². The highest BCUT2D eigenvalue weighted by Crippen LogP contribution is 2.25. The Morgan fingerprint density at radius 3 is 2.15 bits per heavy atom. The number of aliphatic hydroxyl groups excluding tert-OH is 1. The number of hydrogen-bond donors (Lipinski definition) is 2. The van der Waals surface area contributed by atoms with Crippen LogP contribution in [0, 0.1) is 11.8 Å². The number of hydrogen-bond acceptors (Lipinski definition) is 4. The molecule has 0 bridgehead atoms. The Morgan fingerprint density at radius 2 is 1.65 bits per heavy atom. The normalized spacial score (nSPS) is 31.3. The number of aliphatic carboxylic acids is 1. The average Bonchev–Trinajstić information content (AvgIpc) is 2.41. The van der Waals surface area contributed by atoms with Crippen molar-refractivity contribution in [2.45, 2.75) is 32.3 Å². The topological polar surface area (TPSA) is 98.2 Å². The van der Waals surface area contributed by atoms with Crippen LogP contribution in [-0.4, -0.2) is 65.5 Å². The summed E-state index contributed by atoms with van der Waals surface area (Å²) >= 11 is 0. The van der Waals surface area contributed by atoms with Gasteiger partial charge in [-0.15, -0.1) is 0 Å². The monoisotopic (exact) mass is 306 g/mol. The van der Waals surface area contributed by atoms with Gasteiger partial charge in [-0.1, -0.05) is 6.92 Å². The summed E-state index contributed by atoms with van der Waals surface area (Å²) in [4.78, 5) is 10.9. The maximum Gasteiger partial charge on any atom is 0.306 e. The number of carboxylic acids is 1. The highest BCUT2D eigenvalue weighted by Gasteiger charge is 2.37. The van der Waals surface area contributed by atoms with Crippen molar-refractivity contribution in [1.82, 2.24) is 8.61 Å². The zero-order chi connectivity index (χ0) is 14.9. The Hall–Kier alpha value is -0.700. The first-order chi connectivity index (χ1) is 9.32. The van der Waals surface area contributed by atoms with Gasteiger partial charge in [-0.25, -0.2) is 0 Å². The fourth-order valence-corrected chi connectivity index (χ4v) is 4.56. The van der Waals surface area contributed by atoms with Crippen molar-refractivity contribution in [3.8, 4) is 0 Å². The standard InChI is InChI=1S/C12H22N2O5S/c1-9-8-14(7-4-11(9)15)20(18,19)13-5-2-10(3-6-13)12(16)17/h9-11,15H,2-8H2,1H3,(H,16,17). The maximum atomic E-state index is 12.5. The van der Waals surface area contributed by atoms with Gasteiger partial charge in [-0.05, 0) is 25.2 Å². The number of rotatable bonds is 3. The summed E-state index contributed by atoms with van der Waals surface area (Å²) in [6.45, 7) is 3.00. The van der Waals surface area contributed by atoms with Gasteiger partial charge < -0.3 is 10.2 Å². The number of aliphatic hydroxyl groups is 1. The van der Waals surface area contributed by atoms with Crippen molar-refractivity contribution < 1.29 is 23.4 Å². The minimum Gasteiger partial charge on any atom is -0.481 e. The van der Waals surface area contributed by atoms with Gasteiger partial charge in [-0.2, -0.15) is 17.0 Å². The molecular formula is C12H22N2O5S. The average molecular weight is 306 g/mol. The van der Waals surface area contributed by atoms with Gasteiger partial charge in [0.05, 0.1) is 12.0 Å². The van der Waals surface area contributed by atoms with E-state index in [4.69, 9.17) is 5.11 Å². The molecule has 2 atom stereocenters. The van der Waals surface area contributed by atoms with Crippen LogP contribution in [0.1, 0.15) is 26.2 Å². The number of piperidine rings is 2. The fraction of sp³-hybridized carbons (Fsp3) is 0.917. The molecule has 2 unspecified atom stereocenters. The molecule has 0 radical (unpaired) electrons. The van der Waals surface area contributed by atoms with E-state index in [1.807, 2.05) is 6.92 Å². The first-order valence-corrected chi connectivity index (χ1v) is 8.38. The van der Waals surface area contributed by atoms with E-state index in [1.165, 1.54) is 8.61 Å². The van der Waals surface area contributed by atoms with Gasteiger partial charge in [0.25, 0.3) is 10.2 Å². The molecule has 116 valence electrons. The lowest BCUT2D eigenvalue weighted by Crippen LogP contribution is -2.52. The molecule has 0 saturated carbocycles. The predicted octanol–water partition coefficient (Wildman–Crippen LogP) is -0.269. The highest BCUT2D eigenvalue weighted by molar-refractivity contribution is 7.86. The van der Waals surface area contributed by atoms with Gasteiger partial charge in [0.15, 0.2) is 0 Å². The molecular weight excluding hydrogens is 284 g/mol. The van der Waals surface area contributed by atoms with E-state index in [9.17, 15) is 18.3 Å². The van der Waals surface area contributed by atoms with Gasteiger partial charge in [-0.3, -0.25) is 4.79 Å². The number of carboxylic acid groups (broad SMARTS) is 1. The van der Waals surface area contributed by atoms with Crippen LogP contribution in [0.5, 0.6) is 0 Å². The molecule has 0 amide bonds. The summed E-state index contributed by atoms with van der Waals surface area (Å²) in [7, 11) is -3.53. The maximum absolute atomic E-state index is 12.5. The molecule has 2 N–H and O–H groups in total. The van der Waals surface area contributed by atoms with Crippen LogP contribution in [0.2, 0.25) is 0 Å². The molecule has 0 aromatic carbocycles. The molecule has 0 aliphatic carbocycles. The first kappa shape index (κ1) is 15.7. The number of carbonyl (C=O) groups is 1. The molecule has 8 heteroatoms. The Labute approximate surface area is 119 Å². The third-order valence-corrected chi connectivity index (χ3v) is 6.28. The van der Waals surface area contributed by atoms with E-state index in [2.05, 4.69) is 0 Å². The van der Waals surface area contributed by atoms with Gasteiger partial charge in [0.1, 0.15) is 0 Å². The van der Waals surface area contributed by atoms with Crippen LogP contribution >= 0.6 is 0 Å². The van der Waals surface area contributed by atoms with E-state index in [1.54, 1.807) is 0 Å². The van der Waals surface area contributed by atoms with Crippen molar-refractivity contribution in [3.63, 3.8) is 0 Å². The van der Waals surface area contributed by atoms with E-state index >= 15 is 0 Å². The van der Waals surface area contributed by atoms with Gasteiger partial charge in [0, 0.05) is 26.2 Å². The van der Waals surface area contributed by atoms with Crippen LogP contribution in [-0.2, 0) is 15.0 Å². The van der Waals surface area contributed by atoms with Crippen molar-refractivity contribution in [2.75, 3.05) is 26.2 Å². The SMILES string of the molecule is CC1CN(S(=O)(=O)N2CCC(C(=O)O)CC2)CCC1O. The Morgan fingerprint density at radius 1 is 1.10 bits per heavy atom. The highest BCUT2D eigenvalue weighted by atomic mass is 32.2. The van der Waals surface area contributed by atoms with E-state index in [-0.39, 0.29) is 19.0 Å².